The predicted octanol–water partition coefficient (Wildman–Crippen LogP) is 5.78. The Morgan fingerprint density at radius 1 is 1.43 bits per heavy atom. The Bertz CT molecular complexity index is 1480. The summed E-state index contributed by atoms with van der Waals surface area (Å²) >= 11 is 6.17. The monoisotopic (exact) mass is 520 g/mol. The van der Waals surface area contributed by atoms with Crippen molar-refractivity contribution in [1.82, 2.24) is 9.38 Å². The number of hydrogen-bond donors (Lipinski definition) is 2. The standard InChI is InChI=1S/C24H23ClF2N4O3S/c1-4-14(11-29-13(2)35(3,28)33)15-5-8-21-30-22-19(32)10-18(23(22)31(21)12-15)17-9-16(25)6-7-20(17)34-24(26)27/h4-9,11-12,18-19,24,28,32H,1,10H2,2-3H3/b14-11+,29-13+/t18-,19-,35?/m1/s1. The van der Waals surface area contributed by atoms with Crippen LogP contribution in [0.1, 0.15) is 47.9 Å². The lowest BCUT2D eigenvalue weighted by molar-refractivity contribution is -0.0506. The second-order valence-corrected chi connectivity index (χ2v) is 10.9. The van der Waals surface area contributed by atoms with E-state index in [2.05, 4.69) is 16.6 Å². The highest BCUT2D eigenvalue weighted by molar-refractivity contribution is 8.06. The molecule has 1 unspecified atom stereocenters. The van der Waals surface area contributed by atoms with E-state index in [-0.39, 0.29) is 17.2 Å². The summed E-state index contributed by atoms with van der Waals surface area (Å²) in [6, 6.07) is 7.97. The summed E-state index contributed by atoms with van der Waals surface area (Å²) in [5, 5.41) is 11.2. The molecule has 2 heterocycles. The summed E-state index contributed by atoms with van der Waals surface area (Å²) in [6.45, 7) is 2.33. The van der Waals surface area contributed by atoms with E-state index in [1.54, 1.807) is 34.9 Å². The number of imidazole rings is 1. The number of pyridine rings is 1. The molecule has 7 nitrogen and oxygen atoms in total. The second-order valence-electron chi connectivity index (χ2n) is 8.17. The lowest BCUT2D eigenvalue weighted by Crippen LogP contribution is -2.08. The first-order valence-electron chi connectivity index (χ1n) is 10.5. The largest absolute Gasteiger partial charge is 0.435 e. The molecule has 0 aliphatic heterocycles. The number of aliphatic hydroxyl groups excluding tert-OH is 1. The van der Waals surface area contributed by atoms with Crippen molar-refractivity contribution in [3.63, 3.8) is 0 Å². The third-order valence-electron chi connectivity index (χ3n) is 5.85. The maximum Gasteiger partial charge on any atom is 0.387 e. The summed E-state index contributed by atoms with van der Waals surface area (Å²) in [7, 11) is -2.93. The lowest BCUT2D eigenvalue weighted by atomic mass is 9.95. The zero-order valence-electron chi connectivity index (χ0n) is 18.9. The van der Waals surface area contributed by atoms with Gasteiger partial charge in [0, 0.05) is 40.7 Å². The molecule has 0 saturated carbocycles. The maximum atomic E-state index is 13.1. The molecular weight excluding hydrogens is 498 g/mol. The van der Waals surface area contributed by atoms with Crippen LogP contribution in [0.15, 0.2) is 60.4 Å². The van der Waals surface area contributed by atoms with Gasteiger partial charge >= 0.3 is 6.61 Å². The van der Waals surface area contributed by atoms with Crippen molar-refractivity contribution < 1.29 is 22.8 Å². The molecule has 3 atom stereocenters. The van der Waals surface area contributed by atoms with Crippen LogP contribution in [0.2, 0.25) is 5.02 Å². The molecule has 2 aromatic heterocycles. The van der Waals surface area contributed by atoms with E-state index in [0.717, 1.165) is 0 Å². The highest BCUT2D eigenvalue weighted by Crippen LogP contribution is 2.47. The molecule has 184 valence electrons. The molecule has 2 N–H and O–H groups in total. The Labute approximate surface area is 206 Å². The third kappa shape index (κ3) is 5.00. The highest BCUT2D eigenvalue weighted by atomic mass is 35.5. The van der Waals surface area contributed by atoms with Gasteiger partial charge in [0.2, 0.25) is 0 Å². The fourth-order valence-electron chi connectivity index (χ4n) is 4.07. The van der Waals surface area contributed by atoms with Gasteiger partial charge in [-0.05, 0) is 49.2 Å². The van der Waals surface area contributed by atoms with Gasteiger partial charge in [-0.3, -0.25) is 4.99 Å². The number of fused-ring (bicyclic) bond motifs is 3. The average molecular weight is 521 g/mol. The summed E-state index contributed by atoms with van der Waals surface area (Å²) < 4.78 is 52.2. The quantitative estimate of drug-likeness (QED) is 0.244. The summed E-state index contributed by atoms with van der Waals surface area (Å²) in [5.41, 5.74) is 3.39. The van der Waals surface area contributed by atoms with Crippen LogP contribution < -0.4 is 4.74 Å². The molecule has 0 radical (unpaired) electrons. The molecule has 0 fully saturated rings. The molecule has 1 aliphatic carbocycles. The van der Waals surface area contributed by atoms with Crippen molar-refractivity contribution in [3.05, 3.63) is 82.9 Å². The fraction of sp³-hybridized carbons (Fsp3) is 0.250. The van der Waals surface area contributed by atoms with Crippen molar-refractivity contribution in [3.8, 4) is 5.75 Å². The molecule has 3 aromatic rings. The summed E-state index contributed by atoms with van der Waals surface area (Å²) in [5.74, 6) is -0.516. The van der Waals surface area contributed by atoms with E-state index in [0.29, 0.717) is 38.8 Å². The number of nitrogens with zero attached hydrogens (tertiary/aromatic N) is 3. The van der Waals surface area contributed by atoms with Gasteiger partial charge in [-0.25, -0.2) is 14.0 Å². The third-order valence-corrected chi connectivity index (χ3v) is 7.32. The molecule has 0 bridgehead atoms. The van der Waals surface area contributed by atoms with Crippen molar-refractivity contribution in [1.29, 1.82) is 4.78 Å². The Kier molecular flexibility index (Phi) is 6.81. The van der Waals surface area contributed by atoms with Gasteiger partial charge in [0.05, 0.1) is 27.2 Å². The first kappa shape index (κ1) is 25.0. The molecule has 0 saturated heterocycles. The Balaban J connectivity index is 1.86. The minimum Gasteiger partial charge on any atom is -0.435 e. The maximum absolute atomic E-state index is 13.1. The number of nitrogens with one attached hydrogen (secondary N) is 1. The van der Waals surface area contributed by atoms with Crippen LogP contribution in [0.25, 0.3) is 11.2 Å². The first-order chi connectivity index (χ1) is 16.5. The van der Waals surface area contributed by atoms with E-state index in [9.17, 15) is 18.1 Å². The molecule has 1 aliphatic rings. The molecule has 0 spiro atoms. The van der Waals surface area contributed by atoms with Gasteiger partial charge < -0.3 is 14.2 Å². The van der Waals surface area contributed by atoms with Crippen LogP contribution in [0, 0.1) is 4.78 Å². The lowest BCUT2D eigenvalue weighted by Gasteiger charge is -2.18. The van der Waals surface area contributed by atoms with Gasteiger partial charge in [0.1, 0.15) is 16.4 Å². The highest BCUT2D eigenvalue weighted by Gasteiger charge is 2.37. The van der Waals surface area contributed by atoms with Crippen LogP contribution in [-0.4, -0.2) is 36.6 Å². The van der Waals surface area contributed by atoms with Crippen molar-refractivity contribution in [2.45, 2.75) is 32.0 Å². The molecule has 35 heavy (non-hydrogen) atoms. The molecule has 1 aromatic carbocycles. The Morgan fingerprint density at radius 2 is 2.17 bits per heavy atom. The van der Waals surface area contributed by atoms with Crippen LogP contribution in [-0.2, 0) is 9.73 Å². The number of aromatic nitrogens is 2. The van der Waals surface area contributed by atoms with Crippen LogP contribution in [0.4, 0.5) is 8.78 Å². The number of benzene rings is 1. The first-order valence-corrected chi connectivity index (χ1v) is 12.9. The van der Waals surface area contributed by atoms with E-state index in [1.807, 2.05) is 0 Å². The van der Waals surface area contributed by atoms with Crippen molar-refractivity contribution in [2.24, 2.45) is 4.99 Å². The number of allylic oxidation sites excluding steroid dienone is 2. The van der Waals surface area contributed by atoms with E-state index in [1.165, 1.54) is 31.5 Å². The molecule has 4 rings (SSSR count). The van der Waals surface area contributed by atoms with E-state index >= 15 is 0 Å². The Hall–Kier alpha value is -3.08. The number of rotatable bonds is 6. The number of halogens is 3. The summed E-state index contributed by atoms with van der Waals surface area (Å²) in [6.07, 6.45) is 5.47. The molecule has 11 heteroatoms. The number of hydrogen-bond acceptors (Lipinski definition) is 6. The van der Waals surface area contributed by atoms with E-state index in [4.69, 9.17) is 21.1 Å². The number of aliphatic imine (C=N–C) groups is 1. The normalized spacial score (nSPS) is 20.2. The number of alkyl halides is 2. The number of aliphatic hydroxyl groups is 1. The van der Waals surface area contributed by atoms with Gasteiger partial charge in [0.15, 0.2) is 0 Å². The van der Waals surface area contributed by atoms with Gasteiger partial charge in [-0.15, -0.1) is 0 Å². The second kappa shape index (κ2) is 9.52. The van der Waals surface area contributed by atoms with Crippen molar-refractivity contribution in [2.75, 3.05) is 6.26 Å². The fourth-order valence-corrected chi connectivity index (χ4v) is 4.50. The smallest absolute Gasteiger partial charge is 0.387 e. The van der Waals surface area contributed by atoms with Gasteiger partial charge in [-0.2, -0.15) is 8.78 Å². The minimum atomic E-state index is -3.01. The van der Waals surface area contributed by atoms with Gasteiger partial charge in [0.25, 0.3) is 0 Å². The van der Waals surface area contributed by atoms with Crippen LogP contribution in [0.3, 0.4) is 0 Å². The zero-order valence-corrected chi connectivity index (χ0v) is 20.5. The average Bonchev–Trinajstić information content (AvgIpc) is 3.31. The van der Waals surface area contributed by atoms with Crippen LogP contribution >= 0.6 is 11.6 Å². The summed E-state index contributed by atoms with van der Waals surface area (Å²) in [4.78, 5) is 8.71. The van der Waals surface area contributed by atoms with Crippen molar-refractivity contribution >= 4 is 37.6 Å². The Morgan fingerprint density at radius 3 is 2.83 bits per heavy atom. The topological polar surface area (TPSA) is 100 Å². The zero-order chi connectivity index (χ0) is 25.5. The van der Waals surface area contributed by atoms with Gasteiger partial charge in [-0.1, -0.05) is 24.3 Å². The SMILES string of the molecule is C=C/C(=C\N=C(/C)S(C)(=N)=O)c1ccc2nc3c(n2c1)[C@@H](c1cc(Cl)ccc1OC(F)F)C[C@H]3O. The van der Waals surface area contributed by atoms with Crippen LogP contribution in [0.5, 0.6) is 5.75 Å². The molecule has 0 amide bonds. The van der Waals surface area contributed by atoms with E-state index < -0.39 is 28.4 Å². The minimum absolute atomic E-state index is 0.0180. The molecular formula is C24H23ClF2N4O3S. The predicted molar refractivity (Wildman–Crippen MR) is 133 cm³/mol. The number of ether oxygens (including phenoxy) is 1.